The molecular weight excluding hydrogens is 444 g/mol. The largest absolute Gasteiger partial charge is 0.292 e. The van der Waals surface area contributed by atoms with Crippen molar-refractivity contribution >= 4 is 53.3 Å². The van der Waals surface area contributed by atoms with E-state index in [-0.39, 0.29) is 5.41 Å². The molecule has 7 aromatic rings. The predicted octanol–water partition coefficient (Wildman–Crippen LogP) is 8.85. The van der Waals surface area contributed by atoms with Crippen molar-refractivity contribution < 1.29 is 0 Å². The molecule has 0 radical (unpaired) electrons. The zero-order chi connectivity index (χ0) is 23.3. The Morgan fingerprint density at radius 1 is 0.743 bits per heavy atom. The lowest BCUT2D eigenvalue weighted by Gasteiger charge is -2.23. The smallest absolute Gasteiger partial charge is 0.137 e. The zero-order valence-electron chi connectivity index (χ0n) is 19.5. The van der Waals surface area contributed by atoms with Crippen LogP contribution in [0.1, 0.15) is 25.0 Å². The molecule has 3 heteroatoms. The van der Waals surface area contributed by atoms with Gasteiger partial charge >= 0.3 is 0 Å². The minimum atomic E-state index is -0.0869. The molecule has 3 heterocycles. The number of fused-ring (bicyclic) bond motifs is 12. The van der Waals surface area contributed by atoms with Crippen LogP contribution in [0.25, 0.3) is 58.9 Å². The van der Waals surface area contributed by atoms with Gasteiger partial charge in [0.1, 0.15) is 5.82 Å². The number of pyridine rings is 1. The van der Waals surface area contributed by atoms with Crippen LogP contribution in [0.5, 0.6) is 0 Å². The summed E-state index contributed by atoms with van der Waals surface area (Å²) in [5.41, 5.74) is 8.01. The van der Waals surface area contributed by atoms with Gasteiger partial charge in [0, 0.05) is 37.9 Å². The third kappa shape index (κ3) is 2.32. The van der Waals surface area contributed by atoms with Crippen LogP contribution in [-0.2, 0) is 5.41 Å². The van der Waals surface area contributed by atoms with E-state index < -0.39 is 0 Å². The lowest BCUT2D eigenvalue weighted by atomic mass is 9.80. The number of hydrogen-bond donors (Lipinski definition) is 0. The van der Waals surface area contributed by atoms with Crippen LogP contribution in [0.2, 0.25) is 0 Å². The second kappa shape index (κ2) is 6.59. The Morgan fingerprint density at radius 2 is 1.49 bits per heavy atom. The highest BCUT2D eigenvalue weighted by molar-refractivity contribution is 7.26. The topological polar surface area (TPSA) is 17.8 Å². The molecule has 1 aliphatic carbocycles. The molecule has 0 N–H and O–H groups in total. The van der Waals surface area contributed by atoms with Gasteiger partial charge in [-0.25, -0.2) is 4.98 Å². The minimum Gasteiger partial charge on any atom is -0.292 e. The molecule has 0 amide bonds. The van der Waals surface area contributed by atoms with Gasteiger partial charge in [-0.05, 0) is 46.5 Å². The van der Waals surface area contributed by atoms with E-state index in [9.17, 15) is 0 Å². The monoisotopic (exact) mass is 466 g/mol. The quantitative estimate of drug-likeness (QED) is 0.236. The first kappa shape index (κ1) is 19.4. The van der Waals surface area contributed by atoms with Crippen molar-refractivity contribution in [2.45, 2.75) is 19.3 Å². The van der Waals surface area contributed by atoms with Crippen LogP contribution in [0.4, 0.5) is 0 Å². The van der Waals surface area contributed by atoms with Gasteiger partial charge in [-0.2, -0.15) is 0 Å². The van der Waals surface area contributed by atoms with Crippen LogP contribution < -0.4 is 0 Å². The number of para-hydroxylation sites is 1. The Balaban J connectivity index is 1.76. The molecule has 166 valence electrons. The van der Waals surface area contributed by atoms with Crippen LogP contribution in [0, 0.1) is 0 Å². The van der Waals surface area contributed by atoms with E-state index in [0.29, 0.717) is 0 Å². The standard InChI is InChI=1S/C32H22N2S/c1-32(2)22-14-6-3-11-19(22)26-27-20-12-4-7-15-23(20)34(25-17-9-10-18-33-25)30(27)31-28(29(26)32)21-13-5-8-16-24(21)35-31/h3-18H,1-2H3. The Kier molecular flexibility index (Phi) is 3.64. The van der Waals surface area contributed by atoms with E-state index in [1.54, 1.807) is 0 Å². The maximum atomic E-state index is 4.82. The molecule has 1 aliphatic rings. The highest BCUT2D eigenvalue weighted by Gasteiger charge is 2.40. The van der Waals surface area contributed by atoms with Crippen molar-refractivity contribution in [3.63, 3.8) is 0 Å². The summed E-state index contributed by atoms with van der Waals surface area (Å²) >= 11 is 1.91. The highest BCUT2D eigenvalue weighted by Crippen LogP contribution is 2.58. The molecule has 0 fully saturated rings. The van der Waals surface area contributed by atoms with Crippen molar-refractivity contribution in [3.8, 4) is 16.9 Å². The number of nitrogens with zero attached hydrogens (tertiary/aromatic N) is 2. The molecule has 0 unspecified atom stereocenters. The molecule has 0 bridgehead atoms. The van der Waals surface area contributed by atoms with Crippen LogP contribution in [-0.4, -0.2) is 9.55 Å². The molecule has 0 saturated carbocycles. The lowest BCUT2D eigenvalue weighted by molar-refractivity contribution is 0.667. The summed E-state index contributed by atoms with van der Waals surface area (Å²) in [7, 11) is 0. The summed E-state index contributed by atoms with van der Waals surface area (Å²) in [6.45, 7) is 4.79. The van der Waals surface area contributed by atoms with Crippen LogP contribution in [0.15, 0.2) is 97.2 Å². The molecule has 0 saturated heterocycles. The fourth-order valence-electron chi connectivity index (χ4n) is 6.42. The predicted molar refractivity (Wildman–Crippen MR) is 149 cm³/mol. The van der Waals surface area contributed by atoms with Crippen LogP contribution >= 0.6 is 11.3 Å². The number of benzene rings is 4. The maximum absolute atomic E-state index is 4.82. The van der Waals surface area contributed by atoms with Crippen molar-refractivity contribution in [3.05, 3.63) is 108 Å². The number of thiophene rings is 1. The minimum absolute atomic E-state index is 0.0869. The Hall–Kier alpha value is -3.95. The number of rotatable bonds is 1. The Morgan fingerprint density at radius 3 is 2.34 bits per heavy atom. The number of hydrogen-bond acceptors (Lipinski definition) is 2. The van der Waals surface area contributed by atoms with E-state index >= 15 is 0 Å². The molecule has 0 aliphatic heterocycles. The normalized spacial score (nSPS) is 14.2. The fraction of sp³-hybridized carbons (Fsp3) is 0.0938. The van der Waals surface area contributed by atoms with E-state index in [0.717, 1.165) is 5.82 Å². The molecular formula is C32H22N2S. The van der Waals surface area contributed by atoms with E-state index in [1.165, 1.54) is 64.2 Å². The summed E-state index contributed by atoms with van der Waals surface area (Å²) in [6, 6.07) is 32.9. The maximum Gasteiger partial charge on any atom is 0.137 e. The van der Waals surface area contributed by atoms with Crippen molar-refractivity contribution in [2.24, 2.45) is 0 Å². The lowest BCUT2D eigenvalue weighted by Crippen LogP contribution is -2.15. The first-order chi connectivity index (χ1) is 17.2. The van der Waals surface area contributed by atoms with Crippen molar-refractivity contribution in [2.75, 3.05) is 0 Å². The summed E-state index contributed by atoms with van der Waals surface area (Å²) in [5.74, 6) is 0.961. The Labute approximate surface area is 207 Å². The highest BCUT2D eigenvalue weighted by atomic mass is 32.1. The van der Waals surface area contributed by atoms with Gasteiger partial charge in [0.25, 0.3) is 0 Å². The molecule has 2 nitrogen and oxygen atoms in total. The van der Waals surface area contributed by atoms with Gasteiger partial charge in [-0.3, -0.25) is 4.57 Å². The van der Waals surface area contributed by atoms with E-state index in [4.69, 9.17) is 4.98 Å². The summed E-state index contributed by atoms with van der Waals surface area (Å²) in [6.07, 6.45) is 1.89. The average molecular weight is 467 g/mol. The summed E-state index contributed by atoms with van der Waals surface area (Å²) < 4.78 is 5.07. The molecule has 0 atom stereocenters. The molecule has 8 rings (SSSR count). The molecule has 35 heavy (non-hydrogen) atoms. The van der Waals surface area contributed by atoms with Crippen molar-refractivity contribution in [1.82, 2.24) is 9.55 Å². The fourth-order valence-corrected chi connectivity index (χ4v) is 7.67. The second-order valence-corrected chi connectivity index (χ2v) is 11.0. The Bertz CT molecular complexity index is 1970. The number of aromatic nitrogens is 2. The van der Waals surface area contributed by atoms with Crippen molar-refractivity contribution in [1.29, 1.82) is 0 Å². The third-order valence-corrected chi connectivity index (χ3v) is 8.99. The molecule has 4 aromatic carbocycles. The van der Waals surface area contributed by atoms with Gasteiger partial charge in [0.05, 0.1) is 15.7 Å². The summed E-state index contributed by atoms with van der Waals surface area (Å²) in [4.78, 5) is 4.82. The van der Waals surface area contributed by atoms with Gasteiger partial charge in [-0.15, -0.1) is 11.3 Å². The SMILES string of the molecule is CC1(C)c2ccccc2-c2c1c1c3ccccc3sc1c1c2c2ccccc2n1-c1ccccn1. The van der Waals surface area contributed by atoms with Gasteiger partial charge in [-0.1, -0.05) is 80.6 Å². The average Bonchev–Trinajstić information content (AvgIpc) is 3.51. The van der Waals surface area contributed by atoms with Crippen LogP contribution in [0.3, 0.4) is 0 Å². The van der Waals surface area contributed by atoms with E-state index in [2.05, 4.69) is 103 Å². The zero-order valence-corrected chi connectivity index (χ0v) is 20.4. The van der Waals surface area contributed by atoms with Gasteiger partial charge in [0.2, 0.25) is 0 Å². The molecule has 3 aromatic heterocycles. The first-order valence-electron chi connectivity index (χ1n) is 12.1. The van der Waals surface area contributed by atoms with Gasteiger partial charge < -0.3 is 0 Å². The third-order valence-electron chi connectivity index (χ3n) is 7.81. The summed E-state index contributed by atoms with van der Waals surface area (Å²) in [5, 5.41) is 5.38. The second-order valence-electron chi connectivity index (χ2n) is 9.99. The van der Waals surface area contributed by atoms with E-state index in [1.807, 2.05) is 23.6 Å². The molecule has 0 spiro atoms. The first-order valence-corrected chi connectivity index (χ1v) is 12.9. The van der Waals surface area contributed by atoms with Gasteiger partial charge in [0.15, 0.2) is 0 Å².